The molecule has 0 aromatic carbocycles. The van der Waals surface area contributed by atoms with E-state index in [4.69, 9.17) is 0 Å². The second-order valence-electron chi connectivity index (χ2n) is 4.01. The summed E-state index contributed by atoms with van der Waals surface area (Å²) in [6.07, 6.45) is 1.53. The summed E-state index contributed by atoms with van der Waals surface area (Å²) in [5, 5.41) is 2.26. The van der Waals surface area contributed by atoms with E-state index in [1.165, 1.54) is 0 Å². The Labute approximate surface area is 124 Å². The molecule has 1 fully saturated rings. The molecule has 0 saturated carbocycles. The number of rotatable bonds is 4. The van der Waals surface area contributed by atoms with Crippen molar-refractivity contribution < 1.29 is 14.4 Å². The van der Waals surface area contributed by atoms with Gasteiger partial charge >= 0.3 is 6.03 Å². The third-order valence-electron chi connectivity index (χ3n) is 3.21. The molecular formula is C11H18N2NaO3. The van der Waals surface area contributed by atoms with Gasteiger partial charge in [0.25, 0.3) is 0 Å². The average molecular weight is 249 g/mol. The van der Waals surface area contributed by atoms with Crippen molar-refractivity contribution >= 4 is 47.4 Å². The number of hydrogen-bond donors (Lipinski definition) is 1. The van der Waals surface area contributed by atoms with E-state index in [1.54, 1.807) is 13.8 Å². The number of carbonyl (C=O) groups excluding carboxylic acids is 3. The molecule has 5 nitrogen and oxygen atoms in total. The standard InChI is InChI=1S/C11H18N2O3.Na/c1-4-7-13-9(15)11(5-2,6-3)8(14)12-10(13)16;/h4-7H2,1-3H3,(H,12,14,16);. The largest absolute Gasteiger partial charge is 0.330 e. The zero-order valence-electron chi connectivity index (χ0n) is 11.0. The van der Waals surface area contributed by atoms with Gasteiger partial charge in [0.05, 0.1) is 0 Å². The molecule has 0 atom stereocenters. The van der Waals surface area contributed by atoms with Gasteiger partial charge in [-0.3, -0.25) is 19.8 Å². The van der Waals surface area contributed by atoms with E-state index in [0.717, 1.165) is 4.90 Å². The Morgan fingerprint density at radius 3 is 2.06 bits per heavy atom. The van der Waals surface area contributed by atoms with Crippen LogP contribution < -0.4 is 5.32 Å². The molecule has 1 saturated heterocycles. The van der Waals surface area contributed by atoms with Crippen LogP contribution in [-0.4, -0.2) is 58.8 Å². The minimum atomic E-state index is -1.05. The Balaban J connectivity index is 0.00000256. The summed E-state index contributed by atoms with van der Waals surface area (Å²) >= 11 is 0. The zero-order chi connectivity index (χ0) is 12.3. The van der Waals surface area contributed by atoms with Gasteiger partial charge in [-0.1, -0.05) is 20.8 Å². The van der Waals surface area contributed by atoms with E-state index < -0.39 is 17.4 Å². The molecule has 1 aliphatic heterocycles. The molecule has 4 amide bonds. The van der Waals surface area contributed by atoms with Crippen molar-refractivity contribution in [3.63, 3.8) is 0 Å². The summed E-state index contributed by atoms with van der Waals surface area (Å²) in [4.78, 5) is 36.6. The van der Waals surface area contributed by atoms with Crippen molar-refractivity contribution in [3.05, 3.63) is 0 Å². The fourth-order valence-corrected chi connectivity index (χ4v) is 2.03. The topological polar surface area (TPSA) is 66.5 Å². The predicted octanol–water partition coefficient (Wildman–Crippen LogP) is 0.900. The minimum Gasteiger partial charge on any atom is -0.277 e. The maximum absolute atomic E-state index is 12.2. The fourth-order valence-electron chi connectivity index (χ4n) is 2.03. The van der Waals surface area contributed by atoms with E-state index >= 15 is 0 Å². The number of nitrogens with zero attached hydrogens (tertiary/aromatic N) is 1. The Bertz CT molecular complexity index is 327. The van der Waals surface area contributed by atoms with Crippen LogP contribution in [0, 0.1) is 5.41 Å². The van der Waals surface area contributed by atoms with E-state index in [1.807, 2.05) is 6.92 Å². The fraction of sp³-hybridized carbons (Fsp3) is 0.727. The third kappa shape index (κ3) is 2.72. The molecule has 1 aliphatic rings. The van der Waals surface area contributed by atoms with E-state index in [2.05, 4.69) is 5.32 Å². The van der Waals surface area contributed by atoms with Crippen LogP contribution in [0.25, 0.3) is 0 Å². The van der Waals surface area contributed by atoms with Gasteiger partial charge in [0, 0.05) is 36.1 Å². The van der Waals surface area contributed by atoms with Crippen LogP contribution in [0.5, 0.6) is 0 Å². The molecule has 91 valence electrons. The molecule has 17 heavy (non-hydrogen) atoms. The first-order chi connectivity index (χ1) is 7.53. The number of imide groups is 2. The quantitative estimate of drug-likeness (QED) is 0.594. The Kier molecular flexibility index (Phi) is 6.37. The van der Waals surface area contributed by atoms with Gasteiger partial charge < -0.3 is 0 Å². The maximum Gasteiger partial charge on any atom is 0.330 e. The third-order valence-corrected chi connectivity index (χ3v) is 3.21. The van der Waals surface area contributed by atoms with Crippen molar-refractivity contribution in [2.45, 2.75) is 40.0 Å². The Hall–Kier alpha value is -0.390. The number of amides is 4. The summed E-state index contributed by atoms with van der Waals surface area (Å²) in [5.41, 5.74) is -1.05. The number of nitrogens with one attached hydrogen (secondary N) is 1. The second-order valence-corrected chi connectivity index (χ2v) is 4.01. The van der Waals surface area contributed by atoms with Gasteiger partial charge in [0.15, 0.2) is 0 Å². The van der Waals surface area contributed by atoms with Gasteiger partial charge in [-0.25, -0.2) is 4.79 Å². The summed E-state index contributed by atoms with van der Waals surface area (Å²) in [6, 6.07) is -0.589. The molecule has 1 N–H and O–H groups in total. The van der Waals surface area contributed by atoms with Crippen LogP contribution >= 0.6 is 0 Å². The van der Waals surface area contributed by atoms with Crippen molar-refractivity contribution in [1.82, 2.24) is 10.2 Å². The van der Waals surface area contributed by atoms with Crippen molar-refractivity contribution in [2.75, 3.05) is 6.54 Å². The van der Waals surface area contributed by atoms with Gasteiger partial charge in [-0.2, -0.15) is 0 Å². The van der Waals surface area contributed by atoms with Crippen LogP contribution in [0.3, 0.4) is 0 Å². The first-order valence-electron chi connectivity index (χ1n) is 5.70. The molecular weight excluding hydrogens is 231 g/mol. The molecule has 0 aliphatic carbocycles. The summed E-state index contributed by atoms with van der Waals surface area (Å²) in [5.74, 6) is -0.812. The second kappa shape index (κ2) is 6.52. The first kappa shape index (κ1) is 16.6. The number of hydrogen-bond acceptors (Lipinski definition) is 3. The molecule has 6 heteroatoms. The first-order valence-corrected chi connectivity index (χ1v) is 5.70. The van der Waals surface area contributed by atoms with Crippen LogP contribution in [0.15, 0.2) is 0 Å². The average Bonchev–Trinajstić information content (AvgIpc) is 2.26. The van der Waals surface area contributed by atoms with Crippen LogP contribution in [0.1, 0.15) is 40.0 Å². The van der Waals surface area contributed by atoms with Gasteiger partial charge in [0.2, 0.25) is 11.8 Å². The molecule has 1 heterocycles. The number of barbiturate groups is 1. The molecule has 1 radical (unpaired) electrons. The number of carbonyl (C=O) groups is 3. The van der Waals surface area contributed by atoms with Gasteiger partial charge in [0.1, 0.15) is 5.41 Å². The van der Waals surface area contributed by atoms with Crippen LogP contribution in [0.2, 0.25) is 0 Å². The zero-order valence-corrected chi connectivity index (χ0v) is 13.0. The SMILES string of the molecule is CCCN1C(=O)NC(=O)C(CC)(CC)C1=O.[Na]. The van der Waals surface area contributed by atoms with E-state index in [0.29, 0.717) is 25.8 Å². The predicted molar refractivity (Wildman–Crippen MR) is 64.3 cm³/mol. The van der Waals surface area contributed by atoms with E-state index in [9.17, 15) is 14.4 Å². The normalized spacial score (nSPS) is 18.8. The van der Waals surface area contributed by atoms with Crippen molar-refractivity contribution in [3.8, 4) is 0 Å². The molecule has 0 aromatic rings. The van der Waals surface area contributed by atoms with Crippen LogP contribution in [0.4, 0.5) is 4.79 Å². The summed E-state index contributed by atoms with van der Waals surface area (Å²) in [7, 11) is 0. The molecule has 1 rings (SSSR count). The van der Waals surface area contributed by atoms with Crippen LogP contribution in [-0.2, 0) is 9.59 Å². The smallest absolute Gasteiger partial charge is 0.277 e. The summed E-state index contributed by atoms with van der Waals surface area (Å²) < 4.78 is 0. The molecule has 0 bridgehead atoms. The molecule has 0 aromatic heterocycles. The van der Waals surface area contributed by atoms with Crippen molar-refractivity contribution in [2.24, 2.45) is 5.41 Å². The van der Waals surface area contributed by atoms with E-state index in [-0.39, 0.29) is 35.5 Å². The minimum absolute atomic E-state index is 0. The van der Waals surface area contributed by atoms with Gasteiger partial charge in [-0.05, 0) is 19.3 Å². The summed E-state index contributed by atoms with van der Waals surface area (Å²) in [6.45, 7) is 5.83. The maximum atomic E-state index is 12.2. The monoisotopic (exact) mass is 249 g/mol. The Morgan fingerprint density at radius 1 is 1.12 bits per heavy atom. The van der Waals surface area contributed by atoms with Crippen molar-refractivity contribution in [1.29, 1.82) is 0 Å². The number of urea groups is 1. The Morgan fingerprint density at radius 2 is 1.65 bits per heavy atom. The molecule has 0 spiro atoms. The van der Waals surface area contributed by atoms with Gasteiger partial charge in [-0.15, -0.1) is 0 Å². The molecule has 0 unspecified atom stereocenters.